The number of likely N-dealkylation sites (tertiary alicyclic amines) is 1. The monoisotopic (exact) mass is 517 g/mol. The zero-order valence-corrected chi connectivity index (χ0v) is 23.3. The van der Waals surface area contributed by atoms with Crippen LogP contribution in [0.1, 0.15) is 72.6 Å². The van der Waals surface area contributed by atoms with Crippen LogP contribution in [0, 0.1) is 11.8 Å². The van der Waals surface area contributed by atoms with Gasteiger partial charge in [0.05, 0.1) is 17.4 Å². The largest absolute Gasteiger partial charge is 0.396 e. The van der Waals surface area contributed by atoms with Gasteiger partial charge in [0.1, 0.15) is 11.6 Å². The van der Waals surface area contributed by atoms with Crippen molar-refractivity contribution in [1.82, 2.24) is 14.7 Å². The molecular formula is C29H47N3O5. The molecule has 2 bridgehead atoms. The lowest BCUT2D eigenvalue weighted by molar-refractivity contribution is -0.155. The Bertz CT molecular complexity index is 876. The number of amides is 3. The summed E-state index contributed by atoms with van der Waals surface area (Å²) in [6, 6.07) is -0.845. The summed E-state index contributed by atoms with van der Waals surface area (Å²) in [4.78, 5) is 47.8. The van der Waals surface area contributed by atoms with Crippen LogP contribution in [0.4, 0.5) is 0 Å². The average Bonchev–Trinajstić information content (AvgIpc) is 3.47. The molecule has 3 aliphatic heterocycles. The van der Waals surface area contributed by atoms with Gasteiger partial charge in [0, 0.05) is 38.8 Å². The fraction of sp³-hybridized carbons (Fsp3) is 0.759. The van der Waals surface area contributed by atoms with Gasteiger partial charge < -0.3 is 24.5 Å². The smallest absolute Gasteiger partial charge is 0.248 e. The lowest BCUT2D eigenvalue weighted by Gasteiger charge is -2.38. The summed E-state index contributed by atoms with van der Waals surface area (Å²) in [5.41, 5.74) is -1.75. The van der Waals surface area contributed by atoms with Crippen LogP contribution < -0.4 is 0 Å². The van der Waals surface area contributed by atoms with Crippen molar-refractivity contribution in [3.63, 3.8) is 0 Å². The second-order valence-corrected chi connectivity index (χ2v) is 11.1. The molecule has 3 amide bonds. The van der Waals surface area contributed by atoms with E-state index >= 15 is 0 Å². The Morgan fingerprint density at radius 1 is 1.14 bits per heavy atom. The lowest BCUT2D eigenvalue weighted by Crippen LogP contribution is -2.57. The third-order valence-corrected chi connectivity index (χ3v) is 8.62. The van der Waals surface area contributed by atoms with Gasteiger partial charge in [0.25, 0.3) is 0 Å². The number of aliphatic hydroxyl groups is 1. The number of fused-ring (bicyclic) bond motifs is 1. The first-order valence-electron chi connectivity index (χ1n) is 14.1. The lowest BCUT2D eigenvalue weighted by atomic mass is 9.64. The first kappa shape index (κ1) is 29.4. The van der Waals surface area contributed by atoms with Crippen molar-refractivity contribution in [1.29, 1.82) is 0 Å². The van der Waals surface area contributed by atoms with E-state index in [0.29, 0.717) is 58.3 Å². The number of rotatable bonds is 15. The van der Waals surface area contributed by atoms with E-state index in [1.807, 2.05) is 27.7 Å². The highest BCUT2D eigenvalue weighted by molar-refractivity contribution is 5.99. The molecule has 208 valence electrons. The van der Waals surface area contributed by atoms with Crippen molar-refractivity contribution >= 4 is 17.7 Å². The molecule has 8 nitrogen and oxygen atoms in total. The Hall–Kier alpha value is -2.19. The van der Waals surface area contributed by atoms with Crippen molar-refractivity contribution in [2.45, 2.75) is 95.9 Å². The van der Waals surface area contributed by atoms with E-state index in [2.05, 4.69) is 13.2 Å². The topological polar surface area (TPSA) is 90.4 Å². The summed E-state index contributed by atoms with van der Waals surface area (Å²) < 4.78 is 6.88. The SMILES string of the molecule is C=CCN(CCC)C(=O)[C@@H]1[C@H]2C(=O)N(CCCCCO)C(C(=O)N(CC=C)C(C)C)C23CC[C@@]1(CC)O3. The Morgan fingerprint density at radius 3 is 2.41 bits per heavy atom. The maximum Gasteiger partial charge on any atom is 0.248 e. The fourth-order valence-corrected chi connectivity index (χ4v) is 6.95. The highest BCUT2D eigenvalue weighted by atomic mass is 16.5. The van der Waals surface area contributed by atoms with E-state index in [4.69, 9.17) is 4.74 Å². The van der Waals surface area contributed by atoms with Gasteiger partial charge in [-0.05, 0) is 58.8 Å². The molecule has 0 radical (unpaired) electrons. The average molecular weight is 518 g/mol. The zero-order valence-electron chi connectivity index (χ0n) is 23.3. The van der Waals surface area contributed by atoms with Crippen LogP contribution in [0.3, 0.4) is 0 Å². The molecule has 0 aromatic rings. The van der Waals surface area contributed by atoms with Crippen molar-refractivity contribution in [3.8, 4) is 0 Å². The number of unbranched alkanes of at least 4 members (excludes halogenated alkanes) is 2. The summed E-state index contributed by atoms with van der Waals surface area (Å²) in [6.07, 6.45) is 8.17. The first-order chi connectivity index (χ1) is 17.7. The van der Waals surface area contributed by atoms with Crippen molar-refractivity contribution in [2.24, 2.45) is 11.8 Å². The van der Waals surface area contributed by atoms with Gasteiger partial charge in [0.15, 0.2) is 0 Å². The van der Waals surface area contributed by atoms with Crippen LogP contribution in [0.15, 0.2) is 25.3 Å². The third kappa shape index (κ3) is 4.99. The van der Waals surface area contributed by atoms with E-state index in [1.165, 1.54) is 0 Å². The minimum Gasteiger partial charge on any atom is -0.396 e. The summed E-state index contributed by atoms with van der Waals surface area (Å²) in [5.74, 6) is -1.64. The summed E-state index contributed by atoms with van der Waals surface area (Å²) in [5, 5.41) is 9.23. The molecule has 0 aliphatic carbocycles. The molecule has 3 rings (SSSR count). The Balaban J connectivity index is 2.08. The highest BCUT2D eigenvalue weighted by Crippen LogP contribution is 2.64. The van der Waals surface area contributed by atoms with Crippen LogP contribution in [0.2, 0.25) is 0 Å². The maximum atomic E-state index is 14.2. The molecule has 37 heavy (non-hydrogen) atoms. The molecular weight excluding hydrogens is 470 g/mol. The van der Waals surface area contributed by atoms with Gasteiger partial charge in [-0.1, -0.05) is 26.0 Å². The first-order valence-corrected chi connectivity index (χ1v) is 14.1. The van der Waals surface area contributed by atoms with E-state index in [1.54, 1.807) is 26.9 Å². The quantitative estimate of drug-likeness (QED) is 0.266. The molecule has 8 heteroatoms. The molecule has 3 heterocycles. The van der Waals surface area contributed by atoms with E-state index in [-0.39, 0.29) is 30.4 Å². The van der Waals surface area contributed by atoms with Gasteiger partial charge in [-0.2, -0.15) is 0 Å². The van der Waals surface area contributed by atoms with E-state index in [0.717, 1.165) is 12.8 Å². The Labute approximate surface area is 222 Å². The minimum atomic E-state index is -1.01. The Kier molecular flexibility index (Phi) is 9.62. The van der Waals surface area contributed by atoms with Gasteiger partial charge >= 0.3 is 0 Å². The fourth-order valence-electron chi connectivity index (χ4n) is 6.95. The maximum absolute atomic E-state index is 14.2. The second kappa shape index (κ2) is 12.1. The molecule has 1 N–H and O–H groups in total. The van der Waals surface area contributed by atoms with Crippen LogP contribution in [0.25, 0.3) is 0 Å². The normalized spacial score (nSPS) is 30.1. The predicted octanol–water partition coefficient (Wildman–Crippen LogP) is 3.15. The van der Waals surface area contributed by atoms with Gasteiger partial charge in [-0.25, -0.2) is 0 Å². The number of hydrogen-bond acceptors (Lipinski definition) is 5. The van der Waals surface area contributed by atoms with Gasteiger partial charge in [0.2, 0.25) is 17.7 Å². The number of carbonyl (C=O) groups excluding carboxylic acids is 3. The van der Waals surface area contributed by atoms with Crippen LogP contribution >= 0.6 is 0 Å². The van der Waals surface area contributed by atoms with Crippen molar-refractivity contribution in [3.05, 3.63) is 25.3 Å². The van der Waals surface area contributed by atoms with Crippen molar-refractivity contribution < 1.29 is 24.2 Å². The molecule has 0 aromatic heterocycles. The molecule has 3 aliphatic rings. The number of ether oxygens (including phenoxy) is 1. The highest BCUT2D eigenvalue weighted by Gasteiger charge is 2.79. The molecule has 5 atom stereocenters. The molecule has 0 aromatic carbocycles. The molecule has 1 spiro atoms. The molecule has 3 fully saturated rings. The number of nitrogens with zero attached hydrogens (tertiary/aromatic N) is 3. The zero-order chi connectivity index (χ0) is 27.4. The standard InChI is InChI=1S/C29H47N3O5/c1-7-16-30(17-8-2)25(34)22-23-26(35)32(19-12-11-13-20-33)24(27(36)31(18-9-3)21(5)6)29(23)15-14-28(22,10-4)37-29/h7,9,21-24,33H,1,3,8,10-20H2,2,4-6H3/t22-,23-,24?,28+,29?/m0/s1. The minimum absolute atomic E-state index is 0.0661. The molecule has 2 unspecified atom stereocenters. The second-order valence-electron chi connectivity index (χ2n) is 11.1. The summed E-state index contributed by atoms with van der Waals surface area (Å²) >= 11 is 0. The molecule has 0 saturated carbocycles. The number of carbonyl (C=O) groups is 3. The van der Waals surface area contributed by atoms with Gasteiger partial charge in [-0.3, -0.25) is 14.4 Å². The van der Waals surface area contributed by atoms with Crippen LogP contribution in [0.5, 0.6) is 0 Å². The van der Waals surface area contributed by atoms with Crippen molar-refractivity contribution in [2.75, 3.05) is 32.8 Å². The Morgan fingerprint density at radius 2 is 1.84 bits per heavy atom. The summed E-state index contributed by atoms with van der Waals surface area (Å²) in [7, 11) is 0. The van der Waals surface area contributed by atoms with E-state index in [9.17, 15) is 19.5 Å². The summed E-state index contributed by atoms with van der Waals surface area (Å²) in [6.45, 7) is 17.5. The van der Waals surface area contributed by atoms with Gasteiger partial charge in [-0.15, -0.1) is 13.2 Å². The number of aliphatic hydroxyl groups excluding tert-OH is 1. The van der Waals surface area contributed by atoms with Crippen LogP contribution in [-0.4, -0.2) is 93.6 Å². The predicted molar refractivity (Wildman–Crippen MR) is 144 cm³/mol. The number of hydrogen-bond donors (Lipinski definition) is 1. The van der Waals surface area contributed by atoms with Crippen LogP contribution in [-0.2, 0) is 19.1 Å². The van der Waals surface area contributed by atoms with E-state index < -0.39 is 29.1 Å². The molecule has 3 saturated heterocycles. The third-order valence-electron chi connectivity index (χ3n) is 8.62.